The molecule has 5 rings (SSSR count). The lowest BCUT2D eigenvalue weighted by atomic mass is 9.97. The molecule has 34 heavy (non-hydrogen) atoms. The van der Waals surface area contributed by atoms with E-state index in [1.54, 1.807) is 0 Å². The molecule has 4 nitrogen and oxygen atoms in total. The Morgan fingerprint density at radius 1 is 0.971 bits per heavy atom. The molecule has 0 radical (unpaired) electrons. The van der Waals surface area contributed by atoms with Crippen molar-refractivity contribution in [1.29, 1.82) is 0 Å². The first-order valence-corrected chi connectivity index (χ1v) is 12.5. The summed E-state index contributed by atoms with van der Waals surface area (Å²) in [6.45, 7) is 1.61. The topological polar surface area (TPSA) is 38.8 Å². The maximum atomic E-state index is 13.7. The van der Waals surface area contributed by atoms with Gasteiger partial charge in [0.1, 0.15) is 12.4 Å². The third-order valence-corrected chi connectivity index (χ3v) is 7.10. The van der Waals surface area contributed by atoms with Crippen LogP contribution in [0.5, 0.6) is 5.75 Å². The molecule has 0 unspecified atom stereocenters. The normalized spacial score (nSPS) is 16.8. The third-order valence-electron chi connectivity index (χ3n) is 6.80. The maximum absolute atomic E-state index is 13.7. The van der Waals surface area contributed by atoms with Crippen LogP contribution in [0.3, 0.4) is 0 Å². The number of ether oxygens (including phenoxy) is 2. The van der Waals surface area contributed by atoms with Crippen LogP contribution in [0.25, 0.3) is 0 Å². The third kappa shape index (κ3) is 5.13. The first-order valence-electron chi connectivity index (χ1n) is 12.1. The summed E-state index contributed by atoms with van der Waals surface area (Å²) in [6.07, 6.45) is 4.69. The lowest BCUT2D eigenvalue weighted by Gasteiger charge is -2.33. The number of fused-ring (bicyclic) bond motifs is 1. The van der Waals surface area contributed by atoms with Crippen LogP contribution in [-0.2, 0) is 29.1 Å². The highest BCUT2D eigenvalue weighted by Crippen LogP contribution is 2.37. The average Bonchev–Trinajstić information content (AvgIpc) is 3.40. The molecule has 0 bridgehead atoms. The molecule has 1 atom stereocenters. The van der Waals surface area contributed by atoms with E-state index in [4.69, 9.17) is 21.1 Å². The highest BCUT2D eigenvalue weighted by atomic mass is 35.5. The van der Waals surface area contributed by atoms with Crippen molar-refractivity contribution >= 4 is 17.5 Å². The molecule has 3 aromatic rings. The molecule has 3 aromatic carbocycles. The van der Waals surface area contributed by atoms with E-state index in [0.29, 0.717) is 31.1 Å². The summed E-state index contributed by atoms with van der Waals surface area (Å²) < 4.78 is 12.6. The standard InChI is InChI=1S/C29H30ClNO3/c30-26-16-15-23-19-31(18-17-25(23)28(26)33-20-21-9-3-1-4-10-21)29(32)27(22-11-5-2-6-12-22)34-24-13-7-8-14-24/h1-6,9-12,15-16,24,27H,7-8,13-14,17-20H2/t27-/m1/s1. The lowest BCUT2D eigenvalue weighted by Crippen LogP contribution is -2.40. The summed E-state index contributed by atoms with van der Waals surface area (Å²) in [5, 5.41) is 0.612. The van der Waals surface area contributed by atoms with E-state index in [9.17, 15) is 4.79 Å². The van der Waals surface area contributed by atoms with Gasteiger partial charge in [0.15, 0.2) is 6.10 Å². The summed E-state index contributed by atoms with van der Waals surface area (Å²) in [6, 6.07) is 23.9. The Labute approximate surface area is 206 Å². The first kappa shape index (κ1) is 22.9. The Balaban J connectivity index is 1.34. The predicted molar refractivity (Wildman–Crippen MR) is 134 cm³/mol. The molecule has 0 spiro atoms. The SMILES string of the molecule is O=C([C@H](OC1CCCC1)c1ccccc1)N1CCc2c(ccc(Cl)c2OCc2ccccc2)C1. The van der Waals surface area contributed by atoms with Gasteiger partial charge in [-0.1, -0.05) is 91.2 Å². The zero-order valence-corrected chi connectivity index (χ0v) is 20.0. The second-order valence-corrected chi connectivity index (χ2v) is 9.54. The monoisotopic (exact) mass is 475 g/mol. The van der Waals surface area contributed by atoms with Crippen LogP contribution in [0, 0.1) is 0 Å². The van der Waals surface area contributed by atoms with Gasteiger partial charge < -0.3 is 14.4 Å². The summed E-state index contributed by atoms with van der Waals surface area (Å²) in [7, 11) is 0. The van der Waals surface area contributed by atoms with Crippen molar-refractivity contribution < 1.29 is 14.3 Å². The van der Waals surface area contributed by atoms with Gasteiger partial charge in [0.25, 0.3) is 5.91 Å². The van der Waals surface area contributed by atoms with Crippen molar-refractivity contribution in [2.24, 2.45) is 0 Å². The van der Waals surface area contributed by atoms with Crippen molar-refractivity contribution in [2.75, 3.05) is 6.54 Å². The fraction of sp³-hybridized carbons (Fsp3) is 0.345. The van der Waals surface area contributed by atoms with Crippen LogP contribution in [0.1, 0.15) is 54.0 Å². The van der Waals surface area contributed by atoms with Gasteiger partial charge in [-0.2, -0.15) is 0 Å². The predicted octanol–water partition coefficient (Wildman–Crippen LogP) is 6.50. The number of hydrogen-bond acceptors (Lipinski definition) is 3. The molecule has 1 aliphatic heterocycles. The number of rotatable bonds is 7. The van der Waals surface area contributed by atoms with Gasteiger partial charge in [0.2, 0.25) is 0 Å². The van der Waals surface area contributed by atoms with Gasteiger partial charge in [0, 0.05) is 18.7 Å². The Kier molecular flexibility index (Phi) is 7.17. The van der Waals surface area contributed by atoms with E-state index < -0.39 is 6.10 Å². The molecular weight excluding hydrogens is 446 g/mol. The van der Waals surface area contributed by atoms with E-state index in [0.717, 1.165) is 40.8 Å². The molecule has 0 aromatic heterocycles. The van der Waals surface area contributed by atoms with Crippen LogP contribution in [0.15, 0.2) is 72.8 Å². The zero-order chi connectivity index (χ0) is 23.3. The van der Waals surface area contributed by atoms with E-state index in [2.05, 4.69) is 0 Å². The van der Waals surface area contributed by atoms with E-state index >= 15 is 0 Å². The molecule has 1 heterocycles. The van der Waals surface area contributed by atoms with E-state index in [-0.39, 0.29) is 12.0 Å². The first-order chi connectivity index (χ1) is 16.7. The van der Waals surface area contributed by atoms with Gasteiger partial charge in [0.05, 0.1) is 11.1 Å². The highest BCUT2D eigenvalue weighted by molar-refractivity contribution is 6.32. The zero-order valence-electron chi connectivity index (χ0n) is 19.3. The molecule has 176 valence electrons. The van der Waals surface area contributed by atoms with Crippen LogP contribution in [0.4, 0.5) is 0 Å². The molecule has 0 N–H and O–H groups in total. The summed E-state index contributed by atoms with van der Waals surface area (Å²) >= 11 is 6.53. The van der Waals surface area contributed by atoms with Gasteiger partial charge in [-0.25, -0.2) is 0 Å². The van der Waals surface area contributed by atoms with Crippen LogP contribution >= 0.6 is 11.6 Å². The second kappa shape index (κ2) is 10.6. The summed E-state index contributed by atoms with van der Waals surface area (Å²) in [5.41, 5.74) is 4.20. The molecule has 1 aliphatic carbocycles. The number of halogens is 1. The van der Waals surface area contributed by atoms with Crippen LogP contribution in [-0.4, -0.2) is 23.5 Å². The van der Waals surface area contributed by atoms with Gasteiger partial charge in [-0.15, -0.1) is 0 Å². The quantitative estimate of drug-likeness (QED) is 0.391. The molecule has 1 fully saturated rings. The van der Waals surface area contributed by atoms with Gasteiger partial charge >= 0.3 is 0 Å². The average molecular weight is 476 g/mol. The number of hydrogen-bond donors (Lipinski definition) is 0. The number of benzene rings is 3. The van der Waals surface area contributed by atoms with E-state index in [1.165, 1.54) is 12.8 Å². The van der Waals surface area contributed by atoms with Crippen molar-refractivity contribution in [1.82, 2.24) is 4.90 Å². The largest absolute Gasteiger partial charge is 0.487 e. The minimum atomic E-state index is -0.563. The molecule has 2 aliphatic rings. The number of carbonyl (C=O) groups excluding carboxylic acids is 1. The number of nitrogens with zero attached hydrogens (tertiary/aromatic N) is 1. The lowest BCUT2D eigenvalue weighted by molar-refractivity contribution is -0.149. The second-order valence-electron chi connectivity index (χ2n) is 9.13. The molecule has 1 amide bonds. The summed E-state index contributed by atoms with van der Waals surface area (Å²) in [5.74, 6) is 0.766. The van der Waals surface area contributed by atoms with Crippen molar-refractivity contribution in [3.63, 3.8) is 0 Å². The molecular formula is C29H30ClNO3. The minimum absolute atomic E-state index is 0.0328. The maximum Gasteiger partial charge on any atom is 0.256 e. The highest BCUT2D eigenvalue weighted by Gasteiger charge is 2.33. The van der Waals surface area contributed by atoms with Crippen molar-refractivity contribution in [3.05, 3.63) is 100 Å². The fourth-order valence-electron chi connectivity index (χ4n) is 4.96. The van der Waals surface area contributed by atoms with Gasteiger partial charge in [-0.3, -0.25) is 4.79 Å². The number of carbonyl (C=O) groups is 1. The smallest absolute Gasteiger partial charge is 0.256 e. The van der Waals surface area contributed by atoms with Gasteiger partial charge in [-0.05, 0) is 42.0 Å². The van der Waals surface area contributed by atoms with Crippen LogP contribution < -0.4 is 4.74 Å². The van der Waals surface area contributed by atoms with E-state index in [1.807, 2.05) is 77.7 Å². The van der Waals surface area contributed by atoms with Crippen molar-refractivity contribution in [3.8, 4) is 5.75 Å². The van der Waals surface area contributed by atoms with Crippen LogP contribution in [0.2, 0.25) is 5.02 Å². The Bertz CT molecular complexity index is 1110. The summed E-state index contributed by atoms with van der Waals surface area (Å²) in [4.78, 5) is 15.6. The Hall–Kier alpha value is -2.82. The molecule has 1 saturated carbocycles. The molecule has 5 heteroatoms. The Morgan fingerprint density at radius 2 is 1.68 bits per heavy atom. The minimum Gasteiger partial charge on any atom is -0.487 e. The Morgan fingerprint density at radius 3 is 2.41 bits per heavy atom. The number of amides is 1. The molecule has 0 saturated heterocycles. The van der Waals surface area contributed by atoms with Crippen molar-refractivity contribution in [2.45, 2.75) is 57.5 Å². The fourth-order valence-corrected chi connectivity index (χ4v) is 5.19.